The van der Waals surface area contributed by atoms with Gasteiger partial charge in [-0.15, -0.1) is 0 Å². The molecule has 9 heteroatoms. The molecule has 0 saturated carbocycles. The Morgan fingerprint density at radius 1 is 1.43 bits per heavy atom. The second kappa shape index (κ2) is 6.85. The second-order valence-corrected chi connectivity index (χ2v) is 6.69. The molecule has 1 heterocycles. The summed E-state index contributed by atoms with van der Waals surface area (Å²) >= 11 is 0. The smallest absolute Gasteiger partial charge is 0.337 e. The van der Waals surface area contributed by atoms with Gasteiger partial charge in [0.25, 0.3) is 0 Å². The molecule has 0 aliphatic carbocycles. The third-order valence-electron chi connectivity index (χ3n) is 3.53. The van der Waals surface area contributed by atoms with Crippen LogP contribution in [0, 0.1) is 11.5 Å². The van der Waals surface area contributed by atoms with E-state index >= 15 is 0 Å². The Kier molecular flexibility index (Phi) is 5.08. The molecule has 2 rings (SSSR count). The summed E-state index contributed by atoms with van der Waals surface area (Å²) in [4.78, 5) is 12.9. The van der Waals surface area contributed by atoms with E-state index in [4.69, 9.17) is 10.00 Å². The van der Waals surface area contributed by atoms with Crippen LogP contribution in [0.4, 0.5) is 0 Å². The van der Waals surface area contributed by atoms with Gasteiger partial charge in [0, 0.05) is 19.1 Å². The van der Waals surface area contributed by atoms with E-state index in [1.54, 1.807) is 0 Å². The Hall–Kier alpha value is -2.31. The second-order valence-electron chi connectivity index (χ2n) is 5.01. The van der Waals surface area contributed by atoms with Crippen LogP contribution in [0.3, 0.4) is 0 Å². The quantitative estimate of drug-likeness (QED) is 0.607. The SMILES string of the molecule is COC(=O)c1ccc(OC)c(S(=O)(=O)N[C@@H]2CCN(C#N)C2)c1. The van der Waals surface area contributed by atoms with Gasteiger partial charge in [-0.05, 0) is 24.6 Å². The fraction of sp³-hybridized carbons (Fsp3) is 0.429. The predicted molar refractivity (Wildman–Crippen MR) is 80.2 cm³/mol. The average Bonchev–Trinajstić information content (AvgIpc) is 3.00. The van der Waals surface area contributed by atoms with Gasteiger partial charge in [0.05, 0.1) is 19.8 Å². The fourth-order valence-corrected chi connectivity index (χ4v) is 3.82. The van der Waals surface area contributed by atoms with Crippen LogP contribution in [0.25, 0.3) is 0 Å². The summed E-state index contributed by atoms with van der Waals surface area (Å²) in [5, 5.41) is 8.83. The molecule has 0 bridgehead atoms. The maximum atomic E-state index is 12.6. The average molecular weight is 339 g/mol. The minimum Gasteiger partial charge on any atom is -0.495 e. The van der Waals surface area contributed by atoms with E-state index in [2.05, 4.69) is 9.46 Å². The lowest BCUT2D eigenvalue weighted by molar-refractivity contribution is 0.0600. The minimum atomic E-state index is -3.90. The standard InChI is InChI=1S/C14H17N3O5S/c1-21-12-4-3-10(14(18)22-2)7-13(12)23(19,20)16-11-5-6-17(8-11)9-15/h3-4,7,11,16H,5-6,8H2,1-2H3/t11-/m1/s1. The Bertz CT molecular complexity index is 741. The van der Waals surface area contributed by atoms with Crippen molar-refractivity contribution in [2.24, 2.45) is 0 Å². The van der Waals surface area contributed by atoms with E-state index in [9.17, 15) is 13.2 Å². The summed E-state index contributed by atoms with van der Waals surface area (Å²) in [6.07, 6.45) is 2.52. The topological polar surface area (TPSA) is 109 Å². The number of sulfonamides is 1. The molecule has 0 spiro atoms. The van der Waals surface area contributed by atoms with Crippen LogP contribution in [0.15, 0.2) is 23.1 Å². The van der Waals surface area contributed by atoms with Gasteiger partial charge in [0.2, 0.25) is 10.0 Å². The fourth-order valence-electron chi connectivity index (χ4n) is 2.36. The summed E-state index contributed by atoms with van der Waals surface area (Å²) in [5.74, 6) is -0.513. The number of rotatable bonds is 5. The highest BCUT2D eigenvalue weighted by molar-refractivity contribution is 7.89. The van der Waals surface area contributed by atoms with Crippen molar-refractivity contribution >= 4 is 16.0 Å². The first kappa shape index (κ1) is 17.1. The van der Waals surface area contributed by atoms with Crippen LogP contribution in [0.1, 0.15) is 16.8 Å². The van der Waals surface area contributed by atoms with E-state index in [1.165, 1.54) is 37.3 Å². The monoisotopic (exact) mass is 339 g/mol. The van der Waals surface area contributed by atoms with Crippen molar-refractivity contribution in [2.75, 3.05) is 27.3 Å². The Morgan fingerprint density at radius 3 is 2.74 bits per heavy atom. The molecule has 1 aromatic carbocycles. The van der Waals surface area contributed by atoms with Crippen LogP contribution < -0.4 is 9.46 Å². The number of nitrogens with zero attached hydrogens (tertiary/aromatic N) is 2. The normalized spacial score (nSPS) is 17.6. The summed E-state index contributed by atoms with van der Waals surface area (Å²) < 4.78 is 37.4. The molecule has 1 saturated heterocycles. The summed E-state index contributed by atoms with van der Waals surface area (Å²) in [5.41, 5.74) is 0.110. The van der Waals surface area contributed by atoms with Gasteiger partial charge in [-0.1, -0.05) is 0 Å². The highest BCUT2D eigenvalue weighted by Crippen LogP contribution is 2.26. The van der Waals surface area contributed by atoms with Crippen molar-refractivity contribution in [1.82, 2.24) is 9.62 Å². The number of ether oxygens (including phenoxy) is 2. The van der Waals surface area contributed by atoms with Gasteiger partial charge in [-0.25, -0.2) is 17.9 Å². The van der Waals surface area contributed by atoms with Gasteiger partial charge < -0.3 is 14.4 Å². The highest BCUT2D eigenvalue weighted by atomic mass is 32.2. The molecule has 1 aliphatic heterocycles. The predicted octanol–water partition coefficient (Wildman–Crippen LogP) is 0.315. The zero-order chi connectivity index (χ0) is 17.0. The third kappa shape index (κ3) is 3.72. The van der Waals surface area contributed by atoms with Gasteiger partial charge in [0.1, 0.15) is 10.6 Å². The highest BCUT2D eigenvalue weighted by Gasteiger charge is 2.29. The van der Waals surface area contributed by atoms with Gasteiger partial charge >= 0.3 is 5.97 Å². The molecule has 8 nitrogen and oxygen atoms in total. The first-order valence-corrected chi connectivity index (χ1v) is 8.33. The van der Waals surface area contributed by atoms with Gasteiger partial charge in [0.15, 0.2) is 6.19 Å². The molecule has 1 fully saturated rings. The number of hydrogen-bond donors (Lipinski definition) is 1. The number of likely N-dealkylation sites (tertiary alicyclic amines) is 1. The molecule has 0 aromatic heterocycles. The lowest BCUT2D eigenvalue weighted by atomic mass is 10.2. The molecule has 124 valence electrons. The molecule has 0 amide bonds. The molecule has 1 aliphatic rings. The number of benzene rings is 1. The number of carbonyl (C=O) groups is 1. The van der Waals surface area contributed by atoms with Crippen molar-refractivity contribution in [3.63, 3.8) is 0 Å². The van der Waals surface area contributed by atoms with E-state index in [0.717, 1.165) is 0 Å². The molecule has 0 unspecified atom stereocenters. The first-order chi connectivity index (χ1) is 10.9. The first-order valence-electron chi connectivity index (χ1n) is 6.84. The molecular weight excluding hydrogens is 322 g/mol. The van der Waals surface area contributed by atoms with Crippen molar-refractivity contribution in [2.45, 2.75) is 17.4 Å². The summed E-state index contributed by atoms with van der Waals surface area (Å²) in [6, 6.07) is 3.67. The van der Waals surface area contributed by atoms with Crippen molar-refractivity contribution in [3.05, 3.63) is 23.8 Å². The maximum absolute atomic E-state index is 12.6. The lowest BCUT2D eigenvalue weighted by Crippen LogP contribution is -2.36. The van der Waals surface area contributed by atoms with Gasteiger partial charge in [-0.3, -0.25) is 0 Å². The lowest BCUT2D eigenvalue weighted by Gasteiger charge is -2.15. The number of hydrogen-bond acceptors (Lipinski definition) is 7. The Morgan fingerprint density at radius 2 is 2.17 bits per heavy atom. The summed E-state index contributed by atoms with van der Waals surface area (Å²) in [6.45, 7) is 0.817. The number of nitriles is 1. The third-order valence-corrected chi connectivity index (χ3v) is 5.07. The molecule has 1 aromatic rings. The van der Waals surface area contributed by atoms with Crippen LogP contribution in [-0.4, -0.2) is 52.6 Å². The van der Waals surface area contributed by atoms with Crippen LogP contribution >= 0.6 is 0 Å². The largest absolute Gasteiger partial charge is 0.495 e. The van der Waals surface area contributed by atoms with Crippen molar-refractivity contribution in [3.8, 4) is 11.9 Å². The van der Waals surface area contributed by atoms with Crippen molar-refractivity contribution in [1.29, 1.82) is 5.26 Å². The van der Waals surface area contributed by atoms with E-state index in [1.807, 2.05) is 6.19 Å². The minimum absolute atomic E-state index is 0.110. The zero-order valence-corrected chi connectivity index (χ0v) is 13.6. The Balaban J connectivity index is 2.31. The molecule has 1 N–H and O–H groups in total. The van der Waals surface area contributed by atoms with Crippen molar-refractivity contribution < 1.29 is 22.7 Å². The molecule has 23 heavy (non-hydrogen) atoms. The van der Waals surface area contributed by atoms with Crippen LogP contribution in [0.5, 0.6) is 5.75 Å². The number of methoxy groups -OCH3 is 2. The molecular formula is C14H17N3O5S. The van der Waals surface area contributed by atoms with Crippen LogP contribution in [-0.2, 0) is 14.8 Å². The van der Waals surface area contributed by atoms with E-state index in [0.29, 0.717) is 19.5 Å². The number of esters is 1. The van der Waals surface area contributed by atoms with E-state index in [-0.39, 0.29) is 22.3 Å². The molecule has 0 radical (unpaired) electrons. The van der Waals surface area contributed by atoms with E-state index < -0.39 is 16.0 Å². The number of carbonyl (C=O) groups excluding carboxylic acids is 1. The Labute approximate surface area is 134 Å². The number of nitrogens with one attached hydrogen (secondary N) is 1. The van der Waals surface area contributed by atoms with Gasteiger partial charge in [-0.2, -0.15) is 5.26 Å². The molecule has 1 atom stereocenters. The van der Waals surface area contributed by atoms with Crippen LogP contribution in [0.2, 0.25) is 0 Å². The zero-order valence-electron chi connectivity index (χ0n) is 12.8. The maximum Gasteiger partial charge on any atom is 0.337 e. The summed E-state index contributed by atoms with van der Waals surface area (Å²) in [7, 11) is -1.34.